The average Bonchev–Trinajstić information content (AvgIpc) is 3.19. The molecule has 162 valence electrons. The number of anilines is 1. The Morgan fingerprint density at radius 1 is 1.06 bits per heavy atom. The maximum Gasteiger partial charge on any atom is 0.266 e. The van der Waals surface area contributed by atoms with Crippen molar-refractivity contribution >= 4 is 39.9 Å². The van der Waals surface area contributed by atoms with Crippen molar-refractivity contribution in [3.63, 3.8) is 0 Å². The molecule has 6 nitrogen and oxygen atoms in total. The molecule has 0 saturated carbocycles. The van der Waals surface area contributed by atoms with Crippen LogP contribution in [0.1, 0.15) is 43.6 Å². The number of amides is 1. The molecule has 0 spiro atoms. The van der Waals surface area contributed by atoms with E-state index in [1.165, 1.54) is 28.7 Å². The third-order valence-corrected chi connectivity index (χ3v) is 6.43. The van der Waals surface area contributed by atoms with Gasteiger partial charge >= 0.3 is 0 Å². The lowest BCUT2D eigenvalue weighted by atomic mass is 9.87. The Hall–Kier alpha value is -2.71. The Bertz CT molecular complexity index is 1030. The first-order valence-corrected chi connectivity index (χ1v) is 11.7. The van der Waals surface area contributed by atoms with Crippen molar-refractivity contribution in [2.24, 2.45) is 0 Å². The van der Waals surface area contributed by atoms with E-state index in [-0.39, 0.29) is 22.9 Å². The Labute approximate surface area is 190 Å². The molecule has 1 atom stereocenters. The van der Waals surface area contributed by atoms with Crippen LogP contribution >= 0.6 is 23.1 Å². The maximum atomic E-state index is 12.4. The summed E-state index contributed by atoms with van der Waals surface area (Å²) in [4.78, 5) is 24.6. The SMILES string of the molecule is CC(Oc1ccc(C(C)(C)C)cc1)C(=O)Nc1nnc(SCC(=O)c2ccccc2)s1. The summed E-state index contributed by atoms with van der Waals surface area (Å²) in [5, 5.41) is 11.1. The van der Waals surface area contributed by atoms with Gasteiger partial charge in [0, 0.05) is 5.56 Å². The Kier molecular flexibility index (Phi) is 7.46. The number of Topliss-reactive ketones (excluding diaryl/α,β-unsaturated/α-hetero) is 1. The van der Waals surface area contributed by atoms with Gasteiger partial charge in [0.15, 0.2) is 16.2 Å². The number of ether oxygens (including phenoxy) is 1. The minimum absolute atomic E-state index is 0.0193. The van der Waals surface area contributed by atoms with Gasteiger partial charge in [-0.1, -0.05) is 86.3 Å². The fraction of sp³-hybridized carbons (Fsp3) is 0.304. The van der Waals surface area contributed by atoms with Gasteiger partial charge in [-0.25, -0.2) is 0 Å². The molecule has 0 radical (unpaired) electrons. The molecule has 2 aromatic carbocycles. The van der Waals surface area contributed by atoms with E-state index in [4.69, 9.17) is 4.74 Å². The van der Waals surface area contributed by atoms with Gasteiger partial charge in [0.2, 0.25) is 5.13 Å². The quantitative estimate of drug-likeness (QED) is 0.285. The summed E-state index contributed by atoms with van der Waals surface area (Å²) in [7, 11) is 0. The number of carbonyl (C=O) groups excluding carboxylic acids is 2. The highest BCUT2D eigenvalue weighted by Crippen LogP contribution is 2.27. The molecule has 1 aromatic heterocycles. The van der Waals surface area contributed by atoms with E-state index < -0.39 is 6.10 Å². The van der Waals surface area contributed by atoms with Gasteiger partial charge in [0.05, 0.1) is 5.75 Å². The average molecular weight is 456 g/mol. The molecule has 0 aliphatic carbocycles. The van der Waals surface area contributed by atoms with E-state index in [2.05, 4.69) is 36.3 Å². The van der Waals surface area contributed by atoms with Crippen LogP contribution in [0.15, 0.2) is 58.9 Å². The molecule has 0 fully saturated rings. The van der Waals surface area contributed by atoms with Crippen LogP contribution in [0.5, 0.6) is 5.75 Å². The number of thioether (sulfide) groups is 1. The molecule has 1 heterocycles. The summed E-state index contributed by atoms with van der Waals surface area (Å²) in [5.41, 5.74) is 1.91. The fourth-order valence-electron chi connectivity index (χ4n) is 2.65. The van der Waals surface area contributed by atoms with Gasteiger partial charge in [-0.2, -0.15) is 0 Å². The van der Waals surface area contributed by atoms with Crippen molar-refractivity contribution in [1.82, 2.24) is 10.2 Å². The zero-order chi connectivity index (χ0) is 22.4. The standard InChI is InChI=1S/C23H25N3O3S2/c1-15(29-18-12-10-17(11-13-18)23(2,3)4)20(28)24-21-25-26-22(31-21)30-14-19(27)16-8-6-5-7-9-16/h5-13,15H,14H2,1-4H3,(H,24,25,28). The van der Waals surface area contributed by atoms with Gasteiger partial charge in [-0.15, -0.1) is 10.2 Å². The first kappa shape index (κ1) is 23.0. The van der Waals surface area contributed by atoms with Crippen molar-refractivity contribution in [3.8, 4) is 5.75 Å². The molecular weight excluding hydrogens is 430 g/mol. The van der Waals surface area contributed by atoms with E-state index in [0.29, 0.717) is 20.8 Å². The maximum absolute atomic E-state index is 12.4. The number of ketones is 1. The summed E-state index contributed by atoms with van der Waals surface area (Å²) in [6.45, 7) is 8.11. The second-order valence-electron chi connectivity index (χ2n) is 7.97. The molecule has 1 amide bonds. The summed E-state index contributed by atoms with van der Waals surface area (Å²) in [6, 6.07) is 16.9. The summed E-state index contributed by atoms with van der Waals surface area (Å²) in [6.07, 6.45) is -0.694. The third-order valence-electron chi connectivity index (χ3n) is 4.46. The molecule has 1 N–H and O–H groups in total. The highest BCUT2D eigenvalue weighted by molar-refractivity contribution is 8.01. The van der Waals surface area contributed by atoms with Crippen molar-refractivity contribution < 1.29 is 14.3 Å². The van der Waals surface area contributed by atoms with Crippen LogP contribution in [0.25, 0.3) is 0 Å². The van der Waals surface area contributed by atoms with E-state index in [1.807, 2.05) is 42.5 Å². The first-order chi connectivity index (χ1) is 14.7. The van der Waals surface area contributed by atoms with E-state index in [9.17, 15) is 9.59 Å². The molecule has 0 saturated heterocycles. The zero-order valence-electron chi connectivity index (χ0n) is 17.9. The van der Waals surface area contributed by atoms with Crippen molar-refractivity contribution in [1.29, 1.82) is 0 Å². The lowest BCUT2D eigenvalue weighted by molar-refractivity contribution is -0.122. The monoisotopic (exact) mass is 455 g/mol. The number of benzene rings is 2. The predicted octanol–water partition coefficient (Wildman–Crippen LogP) is 5.22. The topological polar surface area (TPSA) is 81.2 Å². The van der Waals surface area contributed by atoms with Gasteiger partial charge < -0.3 is 4.74 Å². The van der Waals surface area contributed by atoms with E-state index >= 15 is 0 Å². The number of nitrogens with one attached hydrogen (secondary N) is 1. The summed E-state index contributed by atoms with van der Waals surface area (Å²) >= 11 is 2.53. The van der Waals surface area contributed by atoms with E-state index in [1.54, 1.807) is 19.1 Å². The van der Waals surface area contributed by atoms with Crippen molar-refractivity contribution in [2.75, 3.05) is 11.1 Å². The minimum atomic E-state index is -0.694. The van der Waals surface area contributed by atoms with Gasteiger partial charge in [-0.05, 0) is 30.0 Å². The number of hydrogen-bond acceptors (Lipinski definition) is 7. The van der Waals surface area contributed by atoms with Crippen LogP contribution in [0, 0.1) is 0 Å². The highest BCUT2D eigenvalue weighted by atomic mass is 32.2. The molecule has 0 bridgehead atoms. The number of aromatic nitrogens is 2. The smallest absolute Gasteiger partial charge is 0.266 e. The summed E-state index contributed by atoms with van der Waals surface area (Å²) in [5.74, 6) is 0.596. The number of hydrogen-bond donors (Lipinski definition) is 1. The molecule has 31 heavy (non-hydrogen) atoms. The largest absolute Gasteiger partial charge is 0.481 e. The third kappa shape index (κ3) is 6.63. The molecule has 1 unspecified atom stereocenters. The molecule has 0 aliphatic rings. The van der Waals surface area contributed by atoms with Crippen molar-refractivity contribution in [3.05, 3.63) is 65.7 Å². The van der Waals surface area contributed by atoms with Crippen LogP contribution in [0.2, 0.25) is 0 Å². The van der Waals surface area contributed by atoms with Crippen LogP contribution in [-0.4, -0.2) is 33.7 Å². The first-order valence-electron chi connectivity index (χ1n) is 9.85. The highest BCUT2D eigenvalue weighted by Gasteiger charge is 2.18. The minimum Gasteiger partial charge on any atom is -0.481 e. The molecule has 3 rings (SSSR count). The fourth-order valence-corrected chi connectivity index (χ4v) is 4.30. The van der Waals surface area contributed by atoms with Gasteiger partial charge in [0.1, 0.15) is 5.75 Å². The zero-order valence-corrected chi connectivity index (χ0v) is 19.5. The number of rotatable bonds is 8. The molecule has 8 heteroatoms. The van der Waals surface area contributed by atoms with Crippen LogP contribution in [0.4, 0.5) is 5.13 Å². The molecule has 3 aromatic rings. The number of carbonyl (C=O) groups is 2. The van der Waals surface area contributed by atoms with Gasteiger partial charge in [-0.3, -0.25) is 14.9 Å². The lowest BCUT2D eigenvalue weighted by Gasteiger charge is -2.20. The van der Waals surface area contributed by atoms with Gasteiger partial charge in [0.25, 0.3) is 5.91 Å². The predicted molar refractivity (Wildman–Crippen MR) is 125 cm³/mol. The normalized spacial score (nSPS) is 12.3. The molecular formula is C23H25N3O3S2. The molecule has 0 aliphatic heterocycles. The Morgan fingerprint density at radius 2 is 1.74 bits per heavy atom. The second-order valence-corrected chi connectivity index (χ2v) is 10.2. The van der Waals surface area contributed by atoms with Crippen LogP contribution in [-0.2, 0) is 10.2 Å². The van der Waals surface area contributed by atoms with E-state index in [0.717, 1.165) is 0 Å². The Morgan fingerprint density at radius 3 is 2.39 bits per heavy atom. The second kappa shape index (κ2) is 10.1. The van der Waals surface area contributed by atoms with Crippen LogP contribution in [0.3, 0.4) is 0 Å². The van der Waals surface area contributed by atoms with Crippen LogP contribution < -0.4 is 10.1 Å². The lowest BCUT2D eigenvalue weighted by Crippen LogP contribution is -2.30. The number of nitrogens with zero attached hydrogens (tertiary/aromatic N) is 2. The Balaban J connectivity index is 1.50. The summed E-state index contributed by atoms with van der Waals surface area (Å²) < 4.78 is 6.36. The van der Waals surface area contributed by atoms with Crippen molar-refractivity contribution in [2.45, 2.75) is 43.6 Å².